The molecule has 1 N–H and O–H groups in total. The minimum Gasteiger partial charge on any atom is -0.389 e. The highest BCUT2D eigenvalue weighted by Gasteiger charge is 2.47. The molecule has 1 fully saturated rings. The van der Waals surface area contributed by atoms with Crippen LogP contribution in [0, 0.1) is 23.7 Å². The van der Waals surface area contributed by atoms with Gasteiger partial charge in [-0.05, 0) is 36.5 Å². The third-order valence-corrected chi connectivity index (χ3v) is 3.82. The molecule has 0 aromatic carbocycles. The van der Waals surface area contributed by atoms with Crippen LogP contribution in [-0.2, 0) is 0 Å². The standard InChI is InChI=1S/C11H14O/c12-10-3-1-2-9-7-4-5-8(6-7)11(9)10/h1,3-5,7-12H,2,6H2/t7-,8+,9+,10+,11+/m1/s1. The number of aliphatic hydroxyl groups is 1. The zero-order chi connectivity index (χ0) is 8.13. The Labute approximate surface area is 72.8 Å². The second-order valence-electron chi connectivity index (χ2n) is 4.34. The molecule has 0 amide bonds. The molecule has 64 valence electrons. The normalized spacial score (nSPS) is 54.6. The van der Waals surface area contributed by atoms with Gasteiger partial charge in [-0.3, -0.25) is 0 Å². The quantitative estimate of drug-likeness (QED) is 0.538. The van der Waals surface area contributed by atoms with Gasteiger partial charge in [0.1, 0.15) is 0 Å². The summed E-state index contributed by atoms with van der Waals surface area (Å²) in [6, 6.07) is 0. The lowest BCUT2D eigenvalue weighted by atomic mass is 9.75. The molecule has 3 aliphatic carbocycles. The SMILES string of the molecule is O[C@H]1C=CC[C@@H]2[C@@H]1[C@H]1C=C[C@@H]2C1. The lowest BCUT2D eigenvalue weighted by molar-refractivity contribution is 0.0942. The van der Waals surface area contributed by atoms with Gasteiger partial charge in [0.2, 0.25) is 0 Å². The zero-order valence-electron chi connectivity index (χ0n) is 7.06. The van der Waals surface area contributed by atoms with Gasteiger partial charge in [-0.15, -0.1) is 0 Å². The first kappa shape index (κ1) is 6.90. The van der Waals surface area contributed by atoms with Crippen molar-refractivity contribution in [1.82, 2.24) is 0 Å². The molecule has 0 spiro atoms. The number of aliphatic hydroxyl groups excluding tert-OH is 1. The summed E-state index contributed by atoms with van der Waals surface area (Å²) in [5, 5.41) is 9.78. The van der Waals surface area contributed by atoms with Gasteiger partial charge in [0.15, 0.2) is 0 Å². The van der Waals surface area contributed by atoms with Gasteiger partial charge >= 0.3 is 0 Å². The highest BCUT2D eigenvalue weighted by atomic mass is 16.3. The lowest BCUT2D eigenvalue weighted by Gasteiger charge is -2.32. The van der Waals surface area contributed by atoms with Crippen molar-refractivity contribution in [2.75, 3.05) is 0 Å². The zero-order valence-corrected chi connectivity index (χ0v) is 7.06. The number of hydrogen-bond donors (Lipinski definition) is 1. The van der Waals surface area contributed by atoms with Crippen molar-refractivity contribution in [3.05, 3.63) is 24.3 Å². The van der Waals surface area contributed by atoms with E-state index in [-0.39, 0.29) is 6.10 Å². The fourth-order valence-electron chi connectivity index (χ4n) is 3.30. The molecule has 5 atom stereocenters. The Morgan fingerprint density at radius 2 is 1.92 bits per heavy atom. The van der Waals surface area contributed by atoms with E-state index >= 15 is 0 Å². The summed E-state index contributed by atoms with van der Waals surface area (Å²) in [7, 11) is 0. The van der Waals surface area contributed by atoms with Crippen LogP contribution in [0.3, 0.4) is 0 Å². The van der Waals surface area contributed by atoms with Crippen LogP contribution in [0.15, 0.2) is 24.3 Å². The summed E-state index contributed by atoms with van der Waals surface area (Å²) < 4.78 is 0. The molecule has 0 aliphatic heterocycles. The summed E-state index contributed by atoms with van der Waals surface area (Å²) in [4.78, 5) is 0. The minimum atomic E-state index is -0.163. The molecule has 1 nitrogen and oxygen atoms in total. The Hall–Kier alpha value is -0.560. The van der Waals surface area contributed by atoms with Crippen LogP contribution in [0.1, 0.15) is 12.8 Å². The third kappa shape index (κ3) is 0.726. The van der Waals surface area contributed by atoms with Gasteiger partial charge in [0.05, 0.1) is 6.10 Å². The third-order valence-electron chi connectivity index (χ3n) is 3.82. The molecule has 3 rings (SSSR count). The largest absolute Gasteiger partial charge is 0.389 e. The second-order valence-corrected chi connectivity index (χ2v) is 4.34. The predicted molar refractivity (Wildman–Crippen MR) is 47.5 cm³/mol. The van der Waals surface area contributed by atoms with Gasteiger partial charge < -0.3 is 5.11 Å². The predicted octanol–water partition coefficient (Wildman–Crippen LogP) is 1.75. The molecule has 0 radical (unpaired) electrons. The van der Waals surface area contributed by atoms with E-state index in [2.05, 4.69) is 18.2 Å². The van der Waals surface area contributed by atoms with Crippen LogP contribution >= 0.6 is 0 Å². The fraction of sp³-hybridized carbons (Fsp3) is 0.636. The Morgan fingerprint density at radius 1 is 1.08 bits per heavy atom. The fourth-order valence-corrected chi connectivity index (χ4v) is 3.30. The Bertz CT molecular complexity index is 254. The Kier molecular flexibility index (Phi) is 1.28. The Balaban J connectivity index is 1.97. The maximum Gasteiger partial charge on any atom is 0.0757 e. The van der Waals surface area contributed by atoms with Crippen molar-refractivity contribution < 1.29 is 5.11 Å². The van der Waals surface area contributed by atoms with Gasteiger partial charge in [-0.2, -0.15) is 0 Å². The first-order valence-corrected chi connectivity index (χ1v) is 4.89. The monoisotopic (exact) mass is 162 g/mol. The van der Waals surface area contributed by atoms with Crippen LogP contribution in [0.2, 0.25) is 0 Å². The molecule has 12 heavy (non-hydrogen) atoms. The number of allylic oxidation sites excluding steroid dienone is 3. The lowest BCUT2D eigenvalue weighted by Crippen LogP contribution is -2.32. The van der Waals surface area contributed by atoms with E-state index in [1.165, 1.54) is 12.8 Å². The van der Waals surface area contributed by atoms with E-state index in [4.69, 9.17) is 0 Å². The van der Waals surface area contributed by atoms with Crippen LogP contribution in [0.4, 0.5) is 0 Å². The summed E-state index contributed by atoms with van der Waals surface area (Å²) in [6.07, 6.45) is 11.1. The summed E-state index contributed by atoms with van der Waals surface area (Å²) in [6.45, 7) is 0. The molecule has 0 unspecified atom stereocenters. The van der Waals surface area contributed by atoms with E-state index in [1.54, 1.807) is 0 Å². The maximum absolute atomic E-state index is 9.78. The topological polar surface area (TPSA) is 20.2 Å². The molecular formula is C11H14O. The van der Waals surface area contributed by atoms with E-state index < -0.39 is 0 Å². The van der Waals surface area contributed by atoms with Gasteiger partial charge in [-0.25, -0.2) is 0 Å². The van der Waals surface area contributed by atoms with Crippen molar-refractivity contribution in [2.24, 2.45) is 23.7 Å². The van der Waals surface area contributed by atoms with E-state index in [0.29, 0.717) is 11.8 Å². The first-order chi connectivity index (χ1) is 5.86. The smallest absolute Gasteiger partial charge is 0.0757 e. The average molecular weight is 162 g/mol. The summed E-state index contributed by atoms with van der Waals surface area (Å²) in [5.74, 6) is 2.75. The van der Waals surface area contributed by atoms with Crippen molar-refractivity contribution in [2.45, 2.75) is 18.9 Å². The summed E-state index contributed by atoms with van der Waals surface area (Å²) >= 11 is 0. The number of rotatable bonds is 0. The molecule has 1 saturated carbocycles. The van der Waals surface area contributed by atoms with Crippen LogP contribution in [0.25, 0.3) is 0 Å². The van der Waals surface area contributed by atoms with Crippen LogP contribution < -0.4 is 0 Å². The van der Waals surface area contributed by atoms with E-state index in [9.17, 15) is 5.11 Å². The van der Waals surface area contributed by atoms with Crippen LogP contribution in [0.5, 0.6) is 0 Å². The highest BCUT2D eigenvalue weighted by Crippen LogP contribution is 2.52. The summed E-state index contributed by atoms with van der Waals surface area (Å²) in [5.41, 5.74) is 0. The number of fused-ring (bicyclic) bond motifs is 5. The molecule has 0 heterocycles. The first-order valence-electron chi connectivity index (χ1n) is 4.89. The Morgan fingerprint density at radius 3 is 2.75 bits per heavy atom. The molecular weight excluding hydrogens is 148 g/mol. The minimum absolute atomic E-state index is 0.163. The molecule has 0 saturated heterocycles. The molecule has 2 bridgehead atoms. The van der Waals surface area contributed by atoms with Crippen LogP contribution in [-0.4, -0.2) is 11.2 Å². The van der Waals surface area contributed by atoms with Gasteiger partial charge in [0.25, 0.3) is 0 Å². The van der Waals surface area contributed by atoms with Crippen molar-refractivity contribution >= 4 is 0 Å². The van der Waals surface area contributed by atoms with Gasteiger partial charge in [-0.1, -0.05) is 24.3 Å². The van der Waals surface area contributed by atoms with Crippen molar-refractivity contribution in [3.63, 3.8) is 0 Å². The van der Waals surface area contributed by atoms with Crippen molar-refractivity contribution in [1.29, 1.82) is 0 Å². The maximum atomic E-state index is 9.78. The van der Waals surface area contributed by atoms with Gasteiger partial charge in [0, 0.05) is 0 Å². The molecule has 3 aliphatic rings. The average Bonchev–Trinajstić information content (AvgIpc) is 2.64. The van der Waals surface area contributed by atoms with Crippen molar-refractivity contribution in [3.8, 4) is 0 Å². The van der Waals surface area contributed by atoms with E-state index in [0.717, 1.165) is 11.8 Å². The molecule has 0 aromatic rings. The molecule has 1 heteroatoms. The number of hydrogen-bond acceptors (Lipinski definition) is 1. The molecule has 0 aromatic heterocycles. The second kappa shape index (κ2) is 2.23. The highest BCUT2D eigenvalue weighted by molar-refractivity contribution is 5.19. The van der Waals surface area contributed by atoms with E-state index in [1.807, 2.05) is 6.08 Å².